The first kappa shape index (κ1) is 37.7. The van der Waals surface area contributed by atoms with Gasteiger partial charge >= 0.3 is 0 Å². The molecule has 1 amide bonds. The number of carbonyl (C=O) groups is 4. The van der Waals surface area contributed by atoms with Gasteiger partial charge in [-0.2, -0.15) is 0 Å². The van der Waals surface area contributed by atoms with Crippen molar-refractivity contribution in [3.05, 3.63) is 75.5 Å². The molecule has 0 fully saturated rings. The number of aryl methyl sites for hydroxylation is 1. The monoisotopic (exact) mass is 655 g/mol. The number of Topliss-reactive ketones (excluding diaryl/α,β-unsaturated/α-hetero) is 2. The molecule has 8 N–H and O–H groups in total. The molecule has 0 aromatic heterocycles. The second kappa shape index (κ2) is 15.4. The molecule has 0 unspecified atom stereocenters. The van der Waals surface area contributed by atoms with Gasteiger partial charge in [0.25, 0.3) is 5.91 Å². The number of fused-ring (bicyclic) bond motifs is 15. The van der Waals surface area contributed by atoms with E-state index in [2.05, 4.69) is 5.32 Å². The van der Waals surface area contributed by atoms with E-state index in [0.717, 1.165) is 12.2 Å². The number of amides is 1. The molecule has 12 nitrogen and oxygen atoms in total. The molecule has 1 aromatic rings. The average Bonchev–Trinajstić information content (AvgIpc) is 3.05. The van der Waals surface area contributed by atoms with Gasteiger partial charge in [0.05, 0.1) is 48.9 Å². The van der Waals surface area contributed by atoms with Crippen molar-refractivity contribution in [3.8, 4) is 5.75 Å². The van der Waals surface area contributed by atoms with Gasteiger partial charge in [0, 0.05) is 57.9 Å². The normalized spacial score (nSPS) is 31.7. The summed E-state index contributed by atoms with van der Waals surface area (Å²) < 4.78 is 0. The van der Waals surface area contributed by atoms with Crippen LogP contribution in [0, 0.1) is 36.5 Å². The van der Waals surface area contributed by atoms with Crippen LogP contribution in [0.25, 0.3) is 0 Å². The summed E-state index contributed by atoms with van der Waals surface area (Å²) in [5.41, 5.74) is -1.84. The van der Waals surface area contributed by atoms with Crippen molar-refractivity contribution >= 4 is 23.3 Å². The van der Waals surface area contributed by atoms with Crippen LogP contribution >= 0.6 is 0 Å². The molecular formula is C35H45NO11. The summed E-state index contributed by atoms with van der Waals surface area (Å²) in [6, 6.07) is 1.21. The van der Waals surface area contributed by atoms with E-state index in [0.29, 0.717) is 0 Å². The second-order valence-corrected chi connectivity index (χ2v) is 12.7. The van der Waals surface area contributed by atoms with Crippen LogP contribution < -0.4 is 5.32 Å². The minimum atomic E-state index is -1.50. The lowest BCUT2D eigenvalue weighted by Gasteiger charge is -2.37. The molecule has 2 aliphatic heterocycles. The number of phenolic OH excluding ortho intramolecular Hbond substituents is 1. The SMILES string of the molecule is CC1=CC=C[C@H](C)[C@@H](O)[C@@H](C)[C@@H](O)[C@H](C)[C@@H](O)[C@@H](C)[C@@H](O)[C@@H](CO)C=C(CO)C(=O)c2c(O)c(C)cc3c2C(=O)C=C(NC1=O)C3=O. The van der Waals surface area contributed by atoms with Crippen LogP contribution in [0.3, 0.4) is 0 Å². The standard InChI is InChI=1S/C35H45NO11/c1-15-8-7-9-16(2)35(47)36-24-12-25(39)26-23(34(24)46)10-17(3)29(41)27(26)33(45)22(14-38)11-21(13-37)32(44)20(6)31(43)19(5)30(42)18(4)28(15)40/h7-12,15,18-21,28,30-32,37-38,40-44H,13-14H2,1-6H3,(H,36,47)/t15-,18+,19-,20+,21+,28+,30+,31+,32+/m0/s1. The maximum Gasteiger partial charge on any atom is 0.251 e. The number of aliphatic hydroxyl groups is 6. The van der Waals surface area contributed by atoms with E-state index in [1.807, 2.05) is 0 Å². The summed E-state index contributed by atoms with van der Waals surface area (Å²) in [7, 11) is 0. The van der Waals surface area contributed by atoms with Gasteiger partial charge in [-0.3, -0.25) is 19.2 Å². The Morgan fingerprint density at radius 2 is 1.36 bits per heavy atom. The zero-order valence-electron chi connectivity index (χ0n) is 27.3. The molecule has 1 aromatic carbocycles. The topological polar surface area (TPSA) is 222 Å². The Bertz CT molecular complexity index is 1540. The number of phenols is 1. The molecule has 12 heteroatoms. The molecule has 3 aliphatic rings. The van der Waals surface area contributed by atoms with Gasteiger partial charge in [-0.1, -0.05) is 52.0 Å². The van der Waals surface area contributed by atoms with E-state index in [9.17, 15) is 54.9 Å². The van der Waals surface area contributed by atoms with Crippen molar-refractivity contribution in [1.82, 2.24) is 5.32 Å². The van der Waals surface area contributed by atoms with Gasteiger partial charge in [0.2, 0.25) is 5.78 Å². The summed E-state index contributed by atoms with van der Waals surface area (Å²) in [4.78, 5) is 53.6. The number of nitrogens with one attached hydrogen (secondary N) is 1. The molecule has 1 aliphatic carbocycles. The van der Waals surface area contributed by atoms with Crippen molar-refractivity contribution in [3.63, 3.8) is 0 Å². The molecule has 0 spiro atoms. The number of hydrogen-bond acceptors (Lipinski definition) is 11. The highest BCUT2D eigenvalue weighted by molar-refractivity contribution is 6.30. The molecule has 0 radical (unpaired) electrons. The first-order valence-electron chi connectivity index (χ1n) is 15.5. The number of benzene rings is 1. The van der Waals surface area contributed by atoms with E-state index in [4.69, 9.17) is 0 Å². The van der Waals surface area contributed by atoms with Crippen molar-refractivity contribution in [2.45, 2.75) is 66.0 Å². The van der Waals surface area contributed by atoms with Gasteiger partial charge in [0.15, 0.2) is 11.6 Å². The summed E-state index contributed by atoms with van der Waals surface area (Å²) in [6.45, 7) is 7.51. The average molecular weight is 656 g/mol. The number of ketones is 3. The fourth-order valence-electron chi connectivity index (χ4n) is 6.07. The predicted octanol–water partition coefficient (Wildman–Crippen LogP) is 1.29. The van der Waals surface area contributed by atoms with Crippen LogP contribution in [-0.4, -0.2) is 96.6 Å². The highest BCUT2D eigenvalue weighted by Gasteiger charge is 2.39. The largest absolute Gasteiger partial charge is 0.507 e. The van der Waals surface area contributed by atoms with Gasteiger partial charge < -0.3 is 41.1 Å². The van der Waals surface area contributed by atoms with Crippen molar-refractivity contribution < 1.29 is 54.9 Å². The lowest BCUT2D eigenvalue weighted by atomic mass is 9.76. The van der Waals surface area contributed by atoms with Crippen molar-refractivity contribution in [1.29, 1.82) is 0 Å². The van der Waals surface area contributed by atoms with Crippen LogP contribution in [0.1, 0.15) is 71.3 Å². The molecule has 9 atom stereocenters. The van der Waals surface area contributed by atoms with E-state index < -0.39 is 113 Å². The lowest BCUT2D eigenvalue weighted by Crippen LogP contribution is -2.46. The summed E-state index contributed by atoms with van der Waals surface area (Å²) in [5.74, 6) is -8.39. The molecule has 2 heterocycles. The van der Waals surface area contributed by atoms with E-state index in [-0.39, 0.29) is 22.4 Å². The molecule has 256 valence electrons. The van der Waals surface area contributed by atoms with Crippen LogP contribution in [0.5, 0.6) is 5.75 Å². The van der Waals surface area contributed by atoms with Crippen LogP contribution in [0.2, 0.25) is 0 Å². The quantitative estimate of drug-likeness (QED) is 0.227. The highest BCUT2D eigenvalue weighted by atomic mass is 16.3. The van der Waals surface area contributed by atoms with Crippen LogP contribution in [-0.2, 0) is 4.79 Å². The number of aliphatic hydroxyl groups excluding tert-OH is 6. The Morgan fingerprint density at radius 1 is 0.787 bits per heavy atom. The Hall–Kier alpha value is -3.78. The lowest BCUT2D eigenvalue weighted by molar-refractivity contribution is -0.116. The minimum absolute atomic E-state index is 0.0541. The minimum Gasteiger partial charge on any atom is -0.507 e. The smallest absolute Gasteiger partial charge is 0.251 e. The molecule has 0 saturated carbocycles. The molecule has 4 rings (SSSR count). The van der Waals surface area contributed by atoms with Crippen LogP contribution in [0.15, 0.2) is 53.3 Å². The Balaban J connectivity index is 2.22. The number of carbonyl (C=O) groups excluding carboxylic acids is 4. The van der Waals surface area contributed by atoms with E-state index in [1.54, 1.807) is 26.8 Å². The molecule has 0 saturated heterocycles. The van der Waals surface area contributed by atoms with Crippen molar-refractivity contribution in [2.75, 3.05) is 13.2 Å². The molecule has 47 heavy (non-hydrogen) atoms. The fourth-order valence-corrected chi connectivity index (χ4v) is 6.07. The Kier molecular flexibility index (Phi) is 12.4. The fraction of sp³-hybridized carbons (Fsp3) is 0.486. The number of rotatable bonds is 2. The number of hydrogen-bond donors (Lipinski definition) is 8. The molecule has 4 bridgehead atoms. The van der Waals surface area contributed by atoms with Gasteiger partial charge in [-0.15, -0.1) is 0 Å². The predicted molar refractivity (Wildman–Crippen MR) is 171 cm³/mol. The van der Waals surface area contributed by atoms with Gasteiger partial charge in [-0.25, -0.2) is 0 Å². The summed E-state index contributed by atoms with van der Waals surface area (Å²) in [6.07, 6.45) is 1.33. The van der Waals surface area contributed by atoms with Gasteiger partial charge in [-0.05, 0) is 25.5 Å². The third-order valence-corrected chi connectivity index (χ3v) is 9.39. The first-order valence-corrected chi connectivity index (χ1v) is 15.5. The van der Waals surface area contributed by atoms with E-state index >= 15 is 0 Å². The van der Waals surface area contributed by atoms with E-state index in [1.165, 1.54) is 39.0 Å². The van der Waals surface area contributed by atoms with Crippen molar-refractivity contribution in [2.24, 2.45) is 29.6 Å². The Labute approximate surface area is 273 Å². The summed E-state index contributed by atoms with van der Waals surface area (Å²) >= 11 is 0. The Morgan fingerprint density at radius 3 is 1.94 bits per heavy atom. The third kappa shape index (κ3) is 7.69. The first-order chi connectivity index (χ1) is 22.0. The zero-order valence-corrected chi connectivity index (χ0v) is 27.3. The number of allylic oxidation sites excluding steroid dienone is 4. The maximum atomic E-state index is 13.8. The third-order valence-electron chi connectivity index (χ3n) is 9.39. The van der Waals surface area contributed by atoms with Crippen LogP contribution in [0.4, 0.5) is 0 Å². The maximum absolute atomic E-state index is 13.8. The molecular weight excluding hydrogens is 610 g/mol. The summed E-state index contributed by atoms with van der Waals surface area (Å²) in [5, 5.41) is 78.1. The van der Waals surface area contributed by atoms with Gasteiger partial charge in [0.1, 0.15) is 5.75 Å². The zero-order chi connectivity index (χ0) is 35.5. The number of aromatic hydroxyl groups is 1. The highest BCUT2D eigenvalue weighted by Crippen LogP contribution is 2.36. The second-order valence-electron chi connectivity index (χ2n) is 12.7.